The van der Waals surface area contributed by atoms with Crippen LogP contribution in [0.3, 0.4) is 0 Å². The highest BCUT2D eigenvalue weighted by Gasteiger charge is 2.16. The Labute approximate surface area is 441 Å². The summed E-state index contributed by atoms with van der Waals surface area (Å²) in [5, 5.41) is 9.62. The smallest absolute Gasteiger partial charge is 0.306 e. The van der Waals surface area contributed by atoms with Crippen LogP contribution in [0.5, 0.6) is 0 Å². The highest BCUT2D eigenvalue weighted by molar-refractivity contribution is 5.70. The zero-order chi connectivity index (χ0) is 52.0. The van der Waals surface area contributed by atoms with Crippen molar-refractivity contribution in [2.45, 2.75) is 200 Å². The van der Waals surface area contributed by atoms with Crippen molar-refractivity contribution >= 4 is 11.9 Å². The minimum absolute atomic E-state index is 0.113. The lowest BCUT2D eigenvalue weighted by Crippen LogP contribution is -2.28. The van der Waals surface area contributed by atoms with Gasteiger partial charge in [-0.15, -0.1) is 0 Å². The maximum absolute atomic E-state index is 12.3. The fourth-order valence-electron chi connectivity index (χ4n) is 6.77. The van der Waals surface area contributed by atoms with Crippen LogP contribution in [0.1, 0.15) is 194 Å². The minimum Gasteiger partial charge on any atom is -0.462 e. The van der Waals surface area contributed by atoms with Gasteiger partial charge in [0.1, 0.15) is 6.61 Å². The van der Waals surface area contributed by atoms with E-state index in [0.29, 0.717) is 19.3 Å². The van der Waals surface area contributed by atoms with E-state index in [9.17, 15) is 14.7 Å². The highest BCUT2D eigenvalue weighted by atomic mass is 16.6. The molecule has 0 saturated carbocycles. The van der Waals surface area contributed by atoms with Crippen LogP contribution >= 0.6 is 0 Å². The number of unbranched alkanes of at least 4 members (excludes halogenated alkanes) is 8. The van der Waals surface area contributed by atoms with Crippen LogP contribution in [0.15, 0.2) is 194 Å². The van der Waals surface area contributed by atoms with E-state index in [1.54, 1.807) is 0 Å². The van der Waals surface area contributed by atoms with Crippen LogP contribution < -0.4 is 0 Å². The molecular weight excluding hydrogens is 885 g/mol. The van der Waals surface area contributed by atoms with Gasteiger partial charge in [-0.1, -0.05) is 240 Å². The predicted molar refractivity (Wildman–Crippen MR) is 315 cm³/mol. The number of carbonyl (C=O) groups excluding carboxylic acids is 2. The van der Waals surface area contributed by atoms with Gasteiger partial charge in [0.25, 0.3) is 0 Å². The number of carbonyl (C=O) groups is 2. The van der Waals surface area contributed by atoms with Gasteiger partial charge in [-0.25, -0.2) is 0 Å². The topological polar surface area (TPSA) is 72.8 Å². The number of esters is 2. The Kier molecular flexibility index (Phi) is 55.7. The number of hydrogen-bond donors (Lipinski definition) is 1. The van der Waals surface area contributed by atoms with E-state index in [1.807, 2.05) is 0 Å². The Hall–Kier alpha value is -5.26. The van der Waals surface area contributed by atoms with Crippen molar-refractivity contribution < 1.29 is 24.2 Å². The average molecular weight is 986 g/mol. The number of rotatable bonds is 48. The average Bonchev–Trinajstić information content (AvgIpc) is 3.38. The molecule has 0 bridgehead atoms. The summed E-state index contributed by atoms with van der Waals surface area (Å²) >= 11 is 0. The monoisotopic (exact) mass is 985 g/mol. The molecule has 0 aromatic carbocycles. The summed E-state index contributed by atoms with van der Waals surface area (Å²) in [7, 11) is 0. The molecule has 0 saturated heterocycles. The highest BCUT2D eigenvalue weighted by Crippen LogP contribution is 2.12. The second-order valence-electron chi connectivity index (χ2n) is 17.5. The van der Waals surface area contributed by atoms with Gasteiger partial charge in [-0.2, -0.15) is 0 Å². The van der Waals surface area contributed by atoms with E-state index in [2.05, 4.69) is 208 Å². The van der Waals surface area contributed by atoms with Gasteiger partial charge in [0, 0.05) is 12.8 Å². The fraction of sp³-hybridized carbons (Fsp3) is 0.493. The largest absolute Gasteiger partial charge is 0.462 e. The Morgan fingerprint density at radius 2 is 0.569 bits per heavy atom. The zero-order valence-electron chi connectivity index (χ0n) is 45.3. The third-order valence-corrected chi connectivity index (χ3v) is 10.9. The van der Waals surface area contributed by atoms with Crippen molar-refractivity contribution in [3.8, 4) is 0 Å². The molecule has 0 aliphatic carbocycles. The zero-order valence-corrected chi connectivity index (χ0v) is 45.3. The maximum Gasteiger partial charge on any atom is 0.306 e. The molecular formula is C67H100O5. The van der Waals surface area contributed by atoms with Crippen molar-refractivity contribution in [1.29, 1.82) is 0 Å². The summed E-state index contributed by atoms with van der Waals surface area (Å²) in [6.07, 6.45) is 96.9. The quantitative estimate of drug-likeness (QED) is 0.0374. The Balaban J connectivity index is 3.70. The second kappa shape index (κ2) is 60.0. The van der Waals surface area contributed by atoms with Crippen LogP contribution in [0.4, 0.5) is 0 Å². The molecule has 0 aromatic heterocycles. The number of hydrogen-bond acceptors (Lipinski definition) is 5. The predicted octanol–water partition coefficient (Wildman–Crippen LogP) is 19.3. The fourth-order valence-corrected chi connectivity index (χ4v) is 6.77. The normalized spacial score (nSPS) is 13.8. The van der Waals surface area contributed by atoms with E-state index in [0.717, 1.165) is 135 Å². The van der Waals surface area contributed by atoms with Crippen LogP contribution in [0, 0.1) is 0 Å². The summed E-state index contributed by atoms with van der Waals surface area (Å²) in [5.74, 6) is -0.689. The van der Waals surface area contributed by atoms with Gasteiger partial charge in [-0.05, 0) is 135 Å². The summed E-state index contributed by atoms with van der Waals surface area (Å²) < 4.78 is 10.6. The van der Waals surface area contributed by atoms with Crippen molar-refractivity contribution in [1.82, 2.24) is 0 Å². The van der Waals surface area contributed by atoms with Gasteiger partial charge >= 0.3 is 11.9 Å². The molecule has 0 amide bonds. The number of aliphatic hydroxyl groups is 1. The molecule has 5 nitrogen and oxygen atoms in total. The van der Waals surface area contributed by atoms with Crippen molar-refractivity contribution in [2.75, 3.05) is 13.2 Å². The SMILES string of the molecule is CC/C=C\C/C=C\C/C=C\C/C=C\C/C=C\C/C=C\C/C=C\C/C=C\C/C=C\C/C=C\C/C=C\CCCCCCCCCC(=O)OC(CO)COC(=O)CCC/C=C\C/C=C\C/C=C\C/C=C\C/C=C\CC. The first-order valence-corrected chi connectivity index (χ1v) is 28.0. The van der Waals surface area contributed by atoms with E-state index in [-0.39, 0.29) is 25.2 Å². The minimum atomic E-state index is -0.817. The van der Waals surface area contributed by atoms with Crippen LogP contribution in [-0.4, -0.2) is 36.4 Å². The van der Waals surface area contributed by atoms with Crippen molar-refractivity contribution in [2.24, 2.45) is 0 Å². The molecule has 0 rings (SSSR count). The molecule has 0 spiro atoms. The standard InChI is InChI=1S/C67H100O5/c1-3-5-7-9-11-13-15-17-19-21-22-23-24-25-26-27-28-29-30-31-32-33-34-35-36-37-38-39-40-41-42-43-44-46-48-50-52-54-56-58-60-62-67(70)72-65(63-68)64-71-66(69)61-59-57-55-53-51-49-47-45-20-18-16-14-12-10-8-6-4-2/h5-8,11-14,17-20,22-23,25-26,28-29,31-32,34-35,37-38,40-41,43-44,47,49,53,55,65,68H,3-4,9-10,15-16,21,24,27,30,33,36,39,42,45-46,48,50-52,54,56-64H2,1-2H3/b7-5-,8-6-,13-11-,14-12-,19-17-,20-18-,23-22-,26-25-,29-28-,32-31-,35-34-,38-37-,41-40-,44-43-,49-47-,55-53-. The van der Waals surface area contributed by atoms with E-state index in [4.69, 9.17) is 9.47 Å². The van der Waals surface area contributed by atoms with Gasteiger partial charge in [-0.3, -0.25) is 9.59 Å². The molecule has 1 atom stereocenters. The second-order valence-corrected chi connectivity index (χ2v) is 17.5. The van der Waals surface area contributed by atoms with Gasteiger partial charge in [0.05, 0.1) is 6.61 Å². The molecule has 1 unspecified atom stereocenters. The molecule has 0 fully saturated rings. The third-order valence-electron chi connectivity index (χ3n) is 10.9. The maximum atomic E-state index is 12.3. The molecule has 0 aliphatic rings. The Bertz CT molecular complexity index is 1730. The Morgan fingerprint density at radius 3 is 0.875 bits per heavy atom. The third kappa shape index (κ3) is 57.3. The first kappa shape index (κ1) is 66.7. The molecule has 0 aromatic rings. The van der Waals surface area contributed by atoms with Crippen molar-refractivity contribution in [3.63, 3.8) is 0 Å². The summed E-state index contributed by atoms with van der Waals surface area (Å²) in [6, 6.07) is 0. The molecule has 5 heteroatoms. The summed E-state index contributed by atoms with van der Waals surface area (Å²) in [4.78, 5) is 24.4. The molecule has 72 heavy (non-hydrogen) atoms. The van der Waals surface area contributed by atoms with Crippen LogP contribution in [-0.2, 0) is 19.1 Å². The number of allylic oxidation sites excluding steroid dienone is 32. The first-order valence-electron chi connectivity index (χ1n) is 28.0. The lowest BCUT2D eigenvalue weighted by Gasteiger charge is -2.15. The van der Waals surface area contributed by atoms with Gasteiger partial charge in [0.15, 0.2) is 6.10 Å². The lowest BCUT2D eigenvalue weighted by molar-refractivity contribution is -0.161. The van der Waals surface area contributed by atoms with Crippen LogP contribution in [0.25, 0.3) is 0 Å². The number of aliphatic hydroxyl groups excluding tert-OH is 1. The van der Waals surface area contributed by atoms with Crippen molar-refractivity contribution in [3.05, 3.63) is 194 Å². The molecule has 0 heterocycles. The first-order chi connectivity index (χ1) is 35.6. The summed E-state index contributed by atoms with van der Waals surface area (Å²) in [6.45, 7) is 3.83. The van der Waals surface area contributed by atoms with E-state index < -0.39 is 6.10 Å². The molecule has 0 aliphatic heterocycles. The lowest BCUT2D eigenvalue weighted by atomic mass is 10.1. The molecule has 1 N–H and O–H groups in total. The van der Waals surface area contributed by atoms with Crippen LogP contribution in [0.2, 0.25) is 0 Å². The number of ether oxygens (including phenoxy) is 2. The Morgan fingerprint density at radius 1 is 0.319 bits per heavy atom. The van der Waals surface area contributed by atoms with E-state index in [1.165, 1.54) is 25.7 Å². The molecule has 0 radical (unpaired) electrons. The molecule has 398 valence electrons. The van der Waals surface area contributed by atoms with Gasteiger partial charge in [0.2, 0.25) is 0 Å². The summed E-state index contributed by atoms with van der Waals surface area (Å²) in [5.41, 5.74) is 0. The van der Waals surface area contributed by atoms with E-state index >= 15 is 0 Å². The van der Waals surface area contributed by atoms with Gasteiger partial charge < -0.3 is 14.6 Å².